The van der Waals surface area contributed by atoms with Gasteiger partial charge < -0.3 is 5.73 Å². The molecule has 14 heavy (non-hydrogen) atoms. The topological polar surface area (TPSA) is 29.3 Å². The van der Waals surface area contributed by atoms with Gasteiger partial charge in [-0.2, -0.15) is 0 Å². The maximum atomic E-state index is 5.54. The Balaban J connectivity index is 1.97. The molecule has 1 aromatic rings. The predicted molar refractivity (Wildman–Crippen MR) is 61.5 cm³/mol. The van der Waals surface area contributed by atoms with Crippen molar-refractivity contribution in [2.45, 2.75) is 13.0 Å². The van der Waals surface area contributed by atoms with Crippen LogP contribution in [0.1, 0.15) is 10.4 Å². The first kappa shape index (κ1) is 9.90. The minimum absolute atomic E-state index is 0.604. The second kappa shape index (κ2) is 4.26. The number of nitrogens with zero attached hydrogens (tertiary/aromatic N) is 1. The van der Waals surface area contributed by atoms with Crippen molar-refractivity contribution in [2.24, 2.45) is 5.73 Å². The molecule has 1 aliphatic rings. The predicted octanol–water partition coefficient (Wildman–Crippen LogP) is 1.62. The SMILES string of the molecule is C=C(CN)CN1CCc2sccc2C1. The van der Waals surface area contributed by atoms with Crippen molar-refractivity contribution in [3.05, 3.63) is 34.0 Å². The summed E-state index contributed by atoms with van der Waals surface area (Å²) in [5, 5.41) is 2.19. The molecule has 0 aliphatic carbocycles. The number of hydrogen-bond acceptors (Lipinski definition) is 3. The van der Waals surface area contributed by atoms with Crippen molar-refractivity contribution in [3.8, 4) is 0 Å². The molecule has 0 fully saturated rings. The molecule has 0 saturated carbocycles. The molecule has 1 aliphatic heterocycles. The minimum Gasteiger partial charge on any atom is -0.327 e. The van der Waals surface area contributed by atoms with Crippen LogP contribution < -0.4 is 5.73 Å². The molecule has 0 spiro atoms. The van der Waals surface area contributed by atoms with E-state index in [-0.39, 0.29) is 0 Å². The fourth-order valence-electron chi connectivity index (χ4n) is 1.82. The molecule has 3 heteroatoms. The highest BCUT2D eigenvalue weighted by Crippen LogP contribution is 2.23. The van der Waals surface area contributed by atoms with Crippen LogP contribution in [-0.4, -0.2) is 24.5 Å². The molecule has 2 nitrogen and oxygen atoms in total. The van der Waals surface area contributed by atoms with E-state index in [1.54, 1.807) is 4.88 Å². The monoisotopic (exact) mass is 208 g/mol. The summed E-state index contributed by atoms with van der Waals surface area (Å²) in [6.45, 7) is 7.71. The molecule has 2 heterocycles. The standard InChI is InChI=1S/C11H16N2S/c1-9(6-12)7-13-4-2-11-10(8-13)3-5-14-11/h3,5H,1-2,4,6-8,12H2. The van der Waals surface area contributed by atoms with Crippen molar-refractivity contribution < 1.29 is 0 Å². The molecule has 2 rings (SSSR count). The molecule has 0 saturated heterocycles. The molecule has 0 atom stereocenters. The van der Waals surface area contributed by atoms with Gasteiger partial charge in [-0.3, -0.25) is 4.90 Å². The lowest BCUT2D eigenvalue weighted by Crippen LogP contribution is -2.32. The van der Waals surface area contributed by atoms with Crippen LogP contribution in [0, 0.1) is 0 Å². The van der Waals surface area contributed by atoms with Gasteiger partial charge in [-0.05, 0) is 29.0 Å². The Kier molecular flexibility index (Phi) is 3.01. The first-order valence-electron chi connectivity index (χ1n) is 4.94. The van der Waals surface area contributed by atoms with Gasteiger partial charge in [0.1, 0.15) is 0 Å². The summed E-state index contributed by atoms with van der Waals surface area (Å²) in [6, 6.07) is 2.23. The zero-order valence-electron chi connectivity index (χ0n) is 8.33. The average molecular weight is 208 g/mol. The highest BCUT2D eigenvalue weighted by Gasteiger charge is 2.16. The molecule has 0 unspecified atom stereocenters. The van der Waals surface area contributed by atoms with Crippen molar-refractivity contribution in [1.29, 1.82) is 0 Å². The Morgan fingerprint density at radius 3 is 3.29 bits per heavy atom. The summed E-state index contributed by atoms with van der Waals surface area (Å²) in [4.78, 5) is 3.98. The van der Waals surface area contributed by atoms with Gasteiger partial charge in [0, 0.05) is 31.1 Å². The Morgan fingerprint density at radius 2 is 2.50 bits per heavy atom. The van der Waals surface area contributed by atoms with E-state index in [0.717, 1.165) is 25.2 Å². The summed E-state index contributed by atoms with van der Waals surface area (Å²) in [5.41, 5.74) is 8.16. The Labute approximate surface area is 89.0 Å². The normalized spacial score (nSPS) is 16.6. The largest absolute Gasteiger partial charge is 0.327 e. The van der Waals surface area contributed by atoms with Crippen LogP contribution in [0.4, 0.5) is 0 Å². The van der Waals surface area contributed by atoms with E-state index in [4.69, 9.17) is 5.73 Å². The molecule has 0 amide bonds. The van der Waals surface area contributed by atoms with Crippen LogP contribution in [0.5, 0.6) is 0 Å². The number of hydrogen-bond donors (Lipinski definition) is 1. The Morgan fingerprint density at radius 1 is 1.64 bits per heavy atom. The fourth-order valence-corrected chi connectivity index (χ4v) is 2.71. The van der Waals surface area contributed by atoms with Gasteiger partial charge in [-0.15, -0.1) is 11.3 Å². The van der Waals surface area contributed by atoms with Gasteiger partial charge in [-0.1, -0.05) is 6.58 Å². The molecule has 0 radical (unpaired) electrons. The lowest BCUT2D eigenvalue weighted by atomic mass is 10.1. The molecule has 2 N–H and O–H groups in total. The van der Waals surface area contributed by atoms with Crippen LogP contribution in [0.2, 0.25) is 0 Å². The summed E-state index contributed by atoms with van der Waals surface area (Å²) >= 11 is 1.88. The third kappa shape index (κ3) is 2.05. The van der Waals surface area contributed by atoms with E-state index in [0.29, 0.717) is 6.54 Å². The van der Waals surface area contributed by atoms with Gasteiger partial charge in [0.2, 0.25) is 0 Å². The van der Waals surface area contributed by atoms with Gasteiger partial charge >= 0.3 is 0 Å². The van der Waals surface area contributed by atoms with Crippen LogP contribution in [0.15, 0.2) is 23.6 Å². The molecular weight excluding hydrogens is 192 g/mol. The maximum Gasteiger partial charge on any atom is 0.0248 e. The van der Waals surface area contributed by atoms with E-state index in [1.807, 2.05) is 11.3 Å². The lowest BCUT2D eigenvalue weighted by Gasteiger charge is -2.27. The van der Waals surface area contributed by atoms with Crippen molar-refractivity contribution in [1.82, 2.24) is 4.90 Å². The smallest absolute Gasteiger partial charge is 0.0248 e. The number of rotatable bonds is 3. The Hall–Kier alpha value is -0.640. The number of thiophene rings is 1. The molecule has 1 aromatic heterocycles. The number of nitrogens with two attached hydrogens (primary N) is 1. The van der Waals surface area contributed by atoms with E-state index in [2.05, 4.69) is 22.9 Å². The Bertz CT molecular complexity index is 330. The third-order valence-electron chi connectivity index (χ3n) is 2.62. The van der Waals surface area contributed by atoms with Crippen LogP contribution >= 0.6 is 11.3 Å². The second-order valence-corrected chi connectivity index (χ2v) is 4.78. The summed E-state index contributed by atoms with van der Waals surface area (Å²) in [6.07, 6.45) is 1.19. The van der Waals surface area contributed by atoms with Crippen LogP contribution in [0.25, 0.3) is 0 Å². The summed E-state index contributed by atoms with van der Waals surface area (Å²) in [5.74, 6) is 0. The first-order chi connectivity index (χ1) is 6.79. The molecule has 0 bridgehead atoms. The quantitative estimate of drug-likeness (QED) is 0.765. The van der Waals surface area contributed by atoms with E-state index in [1.165, 1.54) is 12.0 Å². The average Bonchev–Trinajstić information content (AvgIpc) is 2.64. The zero-order chi connectivity index (χ0) is 9.97. The first-order valence-corrected chi connectivity index (χ1v) is 5.82. The minimum atomic E-state index is 0.604. The lowest BCUT2D eigenvalue weighted by molar-refractivity contribution is 0.277. The van der Waals surface area contributed by atoms with E-state index in [9.17, 15) is 0 Å². The van der Waals surface area contributed by atoms with Crippen molar-refractivity contribution in [3.63, 3.8) is 0 Å². The second-order valence-electron chi connectivity index (χ2n) is 3.78. The highest BCUT2D eigenvalue weighted by atomic mass is 32.1. The van der Waals surface area contributed by atoms with Gasteiger partial charge in [0.05, 0.1) is 0 Å². The zero-order valence-corrected chi connectivity index (χ0v) is 9.15. The molecule has 0 aromatic carbocycles. The van der Waals surface area contributed by atoms with Gasteiger partial charge in [0.15, 0.2) is 0 Å². The van der Waals surface area contributed by atoms with Gasteiger partial charge in [-0.25, -0.2) is 0 Å². The number of fused-ring (bicyclic) bond motifs is 1. The third-order valence-corrected chi connectivity index (χ3v) is 3.65. The summed E-state index contributed by atoms with van der Waals surface area (Å²) in [7, 11) is 0. The van der Waals surface area contributed by atoms with Gasteiger partial charge in [0.25, 0.3) is 0 Å². The molecule has 76 valence electrons. The maximum absolute atomic E-state index is 5.54. The van der Waals surface area contributed by atoms with E-state index >= 15 is 0 Å². The molecular formula is C11H16N2S. The van der Waals surface area contributed by atoms with Crippen molar-refractivity contribution >= 4 is 11.3 Å². The van der Waals surface area contributed by atoms with Crippen molar-refractivity contribution in [2.75, 3.05) is 19.6 Å². The highest BCUT2D eigenvalue weighted by molar-refractivity contribution is 7.10. The van der Waals surface area contributed by atoms with Crippen LogP contribution in [0.3, 0.4) is 0 Å². The fraction of sp³-hybridized carbons (Fsp3) is 0.455. The van der Waals surface area contributed by atoms with Crippen LogP contribution in [-0.2, 0) is 13.0 Å². The summed E-state index contributed by atoms with van der Waals surface area (Å²) < 4.78 is 0. The van der Waals surface area contributed by atoms with E-state index < -0.39 is 0 Å².